The summed E-state index contributed by atoms with van der Waals surface area (Å²) in [6.07, 6.45) is 2.59. The molecule has 1 atom stereocenters. The van der Waals surface area contributed by atoms with Crippen molar-refractivity contribution in [3.05, 3.63) is 96.1 Å². The Kier molecular flexibility index (Phi) is 7.94. The van der Waals surface area contributed by atoms with Crippen molar-refractivity contribution >= 4 is 17.7 Å². The van der Waals surface area contributed by atoms with E-state index in [1.54, 1.807) is 23.1 Å². The molecule has 3 aliphatic rings. The van der Waals surface area contributed by atoms with Gasteiger partial charge in [-0.05, 0) is 29.8 Å². The van der Waals surface area contributed by atoms with E-state index >= 15 is 0 Å². The van der Waals surface area contributed by atoms with Crippen molar-refractivity contribution < 1.29 is 23.5 Å². The Balaban J connectivity index is 1.21. The van der Waals surface area contributed by atoms with Gasteiger partial charge in [0.15, 0.2) is 6.10 Å². The first-order valence-electron chi connectivity index (χ1n) is 13.5. The predicted molar refractivity (Wildman–Crippen MR) is 147 cm³/mol. The molecule has 3 aliphatic heterocycles. The van der Waals surface area contributed by atoms with Gasteiger partial charge in [-0.1, -0.05) is 60.7 Å². The predicted octanol–water partition coefficient (Wildman–Crippen LogP) is 5.01. The molecule has 0 aromatic heterocycles. The Morgan fingerprint density at radius 2 is 1.55 bits per heavy atom. The lowest BCUT2D eigenvalue weighted by atomic mass is 9.83. The van der Waals surface area contributed by atoms with Crippen LogP contribution < -0.4 is 15.4 Å². The molecule has 0 unspecified atom stereocenters. The highest BCUT2D eigenvalue weighted by Crippen LogP contribution is 2.36. The highest BCUT2D eigenvalue weighted by atomic mass is 16.6. The minimum absolute atomic E-state index is 0.0940. The topological polar surface area (TPSA) is 81.9 Å². The van der Waals surface area contributed by atoms with Gasteiger partial charge in [0.1, 0.15) is 12.3 Å². The van der Waals surface area contributed by atoms with Gasteiger partial charge in [-0.15, -0.1) is 0 Å². The standard InChI is InChI=1S/C31H35N3O4/c32-30(35)27-14-7-8-15-28(27)37-21-9-18-34-19-16-25(17-20-34)29(23-34)38-31(36)33(26-12-5-2-6-13-26)22-24-10-3-1-4-11-24/h1-8,10-15,25,29H,9,16-23H2,(H-,32,35)/p+1/t25?,29-,34?/m0/s1. The molecule has 0 aliphatic carbocycles. The van der Waals surface area contributed by atoms with Crippen molar-refractivity contribution in [3.8, 4) is 5.75 Å². The number of anilines is 1. The number of ether oxygens (including phenoxy) is 2. The van der Waals surface area contributed by atoms with Crippen molar-refractivity contribution in [3.63, 3.8) is 0 Å². The summed E-state index contributed by atoms with van der Waals surface area (Å²) in [6.45, 7) is 4.96. The quantitative estimate of drug-likeness (QED) is 0.305. The van der Waals surface area contributed by atoms with E-state index < -0.39 is 5.91 Å². The average Bonchev–Trinajstić information content (AvgIpc) is 2.96. The maximum absolute atomic E-state index is 13.5. The van der Waals surface area contributed by atoms with Crippen LogP contribution >= 0.6 is 0 Å². The van der Waals surface area contributed by atoms with Gasteiger partial charge in [-0.3, -0.25) is 9.69 Å². The molecule has 3 fully saturated rings. The number of amides is 2. The minimum atomic E-state index is -0.484. The molecule has 6 rings (SSSR count). The van der Waals surface area contributed by atoms with E-state index in [-0.39, 0.29) is 12.2 Å². The monoisotopic (exact) mass is 514 g/mol. The highest BCUT2D eigenvalue weighted by molar-refractivity contribution is 5.95. The second-order valence-electron chi connectivity index (χ2n) is 10.4. The number of fused-ring (bicyclic) bond motifs is 3. The van der Waals surface area contributed by atoms with E-state index in [2.05, 4.69) is 0 Å². The van der Waals surface area contributed by atoms with Crippen LogP contribution in [0.5, 0.6) is 5.75 Å². The van der Waals surface area contributed by atoms with Crippen molar-refractivity contribution in [2.45, 2.75) is 31.9 Å². The summed E-state index contributed by atoms with van der Waals surface area (Å²) in [5, 5.41) is 0. The number of carbonyl (C=O) groups is 2. The lowest BCUT2D eigenvalue weighted by Gasteiger charge is -2.52. The molecule has 7 heteroatoms. The van der Waals surface area contributed by atoms with Crippen LogP contribution in [0.4, 0.5) is 10.5 Å². The van der Waals surface area contributed by atoms with E-state index in [4.69, 9.17) is 15.2 Å². The third kappa shape index (κ3) is 6.00. The smallest absolute Gasteiger partial charge is 0.415 e. The van der Waals surface area contributed by atoms with Gasteiger partial charge in [0.05, 0.1) is 38.3 Å². The van der Waals surface area contributed by atoms with Crippen molar-refractivity contribution in [1.29, 1.82) is 0 Å². The average molecular weight is 515 g/mol. The maximum Gasteiger partial charge on any atom is 0.415 e. The number of primary amides is 1. The Morgan fingerprint density at radius 3 is 2.26 bits per heavy atom. The van der Waals surface area contributed by atoms with Crippen molar-refractivity contribution in [2.24, 2.45) is 11.7 Å². The SMILES string of the molecule is NC(=O)c1ccccc1OCCC[N+]12CCC(CC1)[C@@H](OC(=O)N(Cc1ccccc1)c1ccccc1)C2. The van der Waals surface area contributed by atoms with Crippen LogP contribution in [0.25, 0.3) is 0 Å². The highest BCUT2D eigenvalue weighted by Gasteiger charge is 2.47. The zero-order valence-corrected chi connectivity index (χ0v) is 21.7. The van der Waals surface area contributed by atoms with Gasteiger partial charge in [0, 0.05) is 30.9 Å². The van der Waals surface area contributed by atoms with Crippen molar-refractivity contribution in [2.75, 3.05) is 37.7 Å². The van der Waals surface area contributed by atoms with Gasteiger partial charge in [0.25, 0.3) is 5.91 Å². The normalized spacial score (nSPS) is 22.0. The lowest BCUT2D eigenvalue weighted by molar-refractivity contribution is -0.946. The van der Waals surface area contributed by atoms with Crippen LogP contribution in [-0.4, -0.2) is 55.4 Å². The molecule has 3 heterocycles. The van der Waals surface area contributed by atoms with Crippen LogP contribution in [0.1, 0.15) is 35.2 Å². The second-order valence-corrected chi connectivity index (χ2v) is 10.4. The summed E-state index contributed by atoms with van der Waals surface area (Å²) in [5.41, 5.74) is 7.77. The molecule has 2 bridgehead atoms. The largest absolute Gasteiger partial charge is 0.493 e. The molecule has 3 saturated heterocycles. The van der Waals surface area contributed by atoms with Crippen molar-refractivity contribution in [1.82, 2.24) is 0 Å². The summed E-state index contributed by atoms with van der Waals surface area (Å²) < 4.78 is 13.1. The molecule has 3 aromatic carbocycles. The molecule has 2 N–H and O–H groups in total. The third-order valence-corrected chi connectivity index (χ3v) is 7.95. The Bertz CT molecular complexity index is 1230. The van der Waals surface area contributed by atoms with E-state index in [1.165, 1.54) is 0 Å². The molecule has 3 aromatic rings. The Labute approximate surface area is 224 Å². The fourth-order valence-corrected chi connectivity index (χ4v) is 5.88. The minimum Gasteiger partial charge on any atom is -0.493 e. The zero-order chi connectivity index (χ0) is 26.4. The molecular weight excluding hydrogens is 478 g/mol. The number of rotatable bonds is 10. The molecule has 38 heavy (non-hydrogen) atoms. The number of benzene rings is 3. The molecule has 7 nitrogen and oxygen atoms in total. The number of quaternary nitrogens is 1. The summed E-state index contributed by atoms with van der Waals surface area (Å²) >= 11 is 0. The number of nitrogens with two attached hydrogens (primary N) is 1. The van der Waals surface area contributed by atoms with E-state index in [9.17, 15) is 9.59 Å². The molecular formula is C31H36N3O4+. The van der Waals surface area contributed by atoms with Gasteiger partial charge >= 0.3 is 6.09 Å². The summed E-state index contributed by atoms with van der Waals surface area (Å²) in [4.78, 5) is 26.9. The Morgan fingerprint density at radius 1 is 0.895 bits per heavy atom. The molecule has 0 radical (unpaired) electrons. The number of piperidine rings is 3. The number of hydrogen-bond donors (Lipinski definition) is 1. The molecule has 0 spiro atoms. The first kappa shape index (κ1) is 25.8. The van der Waals surface area contributed by atoms with Gasteiger partial charge in [-0.25, -0.2) is 4.79 Å². The van der Waals surface area contributed by atoms with Crippen LogP contribution in [0, 0.1) is 5.92 Å². The summed E-state index contributed by atoms with van der Waals surface area (Å²) in [7, 11) is 0. The van der Waals surface area contributed by atoms with Crippen LogP contribution in [-0.2, 0) is 11.3 Å². The lowest BCUT2D eigenvalue weighted by Crippen LogP contribution is -2.65. The van der Waals surface area contributed by atoms with E-state index in [1.807, 2.05) is 66.7 Å². The third-order valence-electron chi connectivity index (χ3n) is 7.95. The number of para-hydroxylation sites is 2. The zero-order valence-electron chi connectivity index (χ0n) is 21.7. The van der Waals surface area contributed by atoms with Gasteiger partial charge in [-0.2, -0.15) is 0 Å². The molecule has 2 amide bonds. The van der Waals surface area contributed by atoms with E-state index in [0.717, 1.165) is 61.2 Å². The van der Waals surface area contributed by atoms with Crippen LogP contribution in [0.3, 0.4) is 0 Å². The van der Waals surface area contributed by atoms with Gasteiger partial charge < -0.3 is 19.7 Å². The molecule has 0 saturated carbocycles. The van der Waals surface area contributed by atoms with Crippen LogP contribution in [0.15, 0.2) is 84.9 Å². The number of carbonyl (C=O) groups excluding carboxylic acids is 2. The first-order valence-corrected chi connectivity index (χ1v) is 13.5. The first-order chi connectivity index (χ1) is 18.5. The summed E-state index contributed by atoms with van der Waals surface area (Å²) in [6, 6.07) is 26.8. The van der Waals surface area contributed by atoms with Gasteiger partial charge in [0.2, 0.25) is 0 Å². The molecule has 198 valence electrons. The van der Waals surface area contributed by atoms with Crippen LogP contribution in [0.2, 0.25) is 0 Å². The maximum atomic E-state index is 13.5. The Hall–Kier alpha value is -3.84. The number of nitrogens with zero attached hydrogens (tertiary/aromatic N) is 2. The van der Waals surface area contributed by atoms with E-state index in [0.29, 0.717) is 30.4 Å². The second kappa shape index (κ2) is 11.7. The fourth-order valence-electron chi connectivity index (χ4n) is 5.88. The number of hydrogen-bond acceptors (Lipinski definition) is 4. The fraction of sp³-hybridized carbons (Fsp3) is 0.355. The summed E-state index contributed by atoms with van der Waals surface area (Å²) in [5.74, 6) is 0.456.